The number of benzene rings is 2. The minimum Gasteiger partial charge on any atom is -0.486 e. The van der Waals surface area contributed by atoms with Crippen molar-refractivity contribution in [3.63, 3.8) is 0 Å². The molecule has 0 unspecified atom stereocenters. The van der Waals surface area contributed by atoms with Gasteiger partial charge in [-0.3, -0.25) is 9.59 Å². The molecule has 2 aromatic carbocycles. The summed E-state index contributed by atoms with van der Waals surface area (Å²) >= 11 is 0. The van der Waals surface area contributed by atoms with Crippen molar-refractivity contribution < 1.29 is 18.7 Å². The molecule has 140 valence electrons. The maximum Gasteiger partial charge on any atom is 0.230 e. The molecule has 0 radical (unpaired) electrons. The molecule has 1 N–H and O–H groups in total. The van der Waals surface area contributed by atoms with Crippen LogP contribution in [0, 0.1) is 5.82 Å². The van der Waals surface area contributed by atoms with Crippen LogP contribution in [-0.2, 0) is 16.0 Å². The third-order valence-corrected chi connectivity index (χ3v) is 5.16. The van der Waals surface area contributed by atoms with Gasteiger partial charge >= 0.3 is 0 Å². The van der Waals surface area contributed by atoms with Crippen LogP contribution in [0.1, 0.15) is 30.4 Å². The molecule has 0 bridgehead atoms. The monoisotopic (exact) mass is 368 g/mol. The number of amides is 2. The number of ether oxygens (including phenoxy) is 1. The highest BCUT2D eigenvalue weighted by Gasteiger charge is 2.39. The van der Waals surface area contributed by atoms with Gasteiger partial charge in [-0.25, -0.2) is 4.39 Å². The Kier molecular flexibility index (Phi) is 4.56. The molecule has 1 saturated heterocycles. The number of nitrogens with one attached hydrogen (secondary N) is 1. The zero-order chi connectivity index (χ0) is 19.0. The lowest BCUT2D eigenvalue weighted by Crippen LogP contribution is -2.57. The van der Waals surface area contributed by atoms with Gasteiger partial charge in [-0.1, -0.05) is 25.1 Å². The standard InChI is InChI=1S/C21H21FN2O3/c1-2-13-5-3-4-6-19(13)27-15-11-24(12-15)21(26)17-10-20(25)23-18-8-7-14(22)9-16(17)18/h3-9,15,17H,2,10-12H2,1H3,(H,23,25)/t17-/m0/s1. The van der Waals surface area contributed by atoms with E-state index in [1.807, 2.05) is 24.3 Å². The summed E-state index contributed by atoms with van der Waals surface area (Å²) in [6.45, 7) is 3.02. The van der Waals surface area contributed by atoms with Crippen LogP contribution in [0.5, 0.6) is 5.75 Å². The third-order valence-electron chi connectivity index (χ3n) is 5.16. The molecule has 0 aromatic heterocycles. The molecule has 2 aliphatic rings. The minimum atomic E-state index is -0.645. The summed E-state index contributed by atoms with van der Waals surface area (Å²) in [6.07, 6.45) is 0.854. The quantitative estimate of drug-likeness (QED) is 0.902. The fraction of sp³-hybridized carbons (Fsp3) is 0.333. The number of carbonyl (C=O) groups is 2. The van der Waals surface area contributed by atoms with Crippen molar-refractivity contribution >= 4 is 17.5 Å². The number of hydrogen-bond donors (Lipinski definition) is 1. The van der Waals surface area contributed by atoms with Gasteiger partial charge in [-0.2, -0.15) is 0 Å². The van der Waals surface area contributed by atoms with Gasteiger partial charge in [0.2, 0.25) is 11.8 Å². The number of nitrogens with zero attached hydrogens (tertiary/aromatic N) is 1. The van der Waals surface area contributed by atoms with E-state index in [2.05, 4.69) is 12.2 Å². The van der Waals surface area contributed by atoms with Gasteiger partial charge in [0.15, 0.2) is 0 Å². The maximum absolute atomic E-state index is 13.6. The second kappa shape index (κ2) is 7.02. The summed E-state index contributed by atoms with van der Waals surface area (Å²) in [5.74, 6) is -0.587. The first-order valence-electron chi connectivity index (χ1n) is 9.17. The molecular weight excluding hydrogens is 347 g/mol. The molecule has 2 amide bonds. The van der Waals surface area contributed by atoms with Crippen molar-refractivity contribution in [3.8, 4) is 5.75 Å². The summed E-state index contributed by atoms with van der Waals surface area (Å²) in [4.78, 5) is 26.5. The van der Waals surface area contributed by atoms with Crippen molar-refractivity contribution in [2.45, 2.75) is 31.8 Å². The van der Waals surface area contributed by atoms with Crippen LogP contribution in [0.4, 0.5) is 10.1 Å². The molecular formula is C21H21FN2O3. The molecule has 0 saturated carbocycles. The van der Waals surface area contributed by atoms with Crippen molar-refractivity contribution in [2.75, 3.05) is 18.4 Å². The summed E-state index contributed by atoms with van der Waals surface area (Å²) in [6, 6.07) is 12.0. The van der Waals surface area contributed by atoms with Crippen LogP contribution in [0.15, 0.2) is 42.5 Å². The van der Waals surface area contributed by atoms with Crippen LogP contribution in [0.25, 0.3) is 0 Å². The highest BCUT2D eigenvalue weighted by atomic mass is 19.1. The van der Waals surface area contributed by atoms with Crippen molar-refractivity contribution in [1.29, 1.82) is 0 Å². The molecule has 0 aliphatic carbocycles. The molecule has 27 heavy (non-hydrogen) atoms. The van der Waals surface area contributed by atoms with E-state index in [9.17, 15) is 14.0 Å². The second-order valence-corrected chi connectivity index (χ2v) is 6.98. The number of hydrogen-bond acceptors (Lipinski definition) is 3. The molecule has 2 aliphatic heterocycles. The molecule has 0 spiro atoms. The van der Waals surface area contributed by atoms with Gasteiger partial charge in [-0.05, 0) is 41.8 Å². The van der Waals surface area contributed by atoms with Crippen LogP contribution < -0.4 is 10.1 Å². The van der Waals surface area contributed by atoms with Gasteiger partial charge in [-0.15, -0.1) is 0 Å². The number of rotatable bonds is 4. The van der Waals surface area contributed by atoms with E-state index in [1.165, 1.54) is 18.2 Å². The van der Waals surface area contributed by atoms with Crippen LogP contribution >= 0.6 is 0 Å². The molecule has 4 rings (SSSR count). The zero-order valence-electron chi connectivity index (χ0n) is 15.1. The number of aryl methyl sites for hydroxylation is 1. The lowest BCUT2D eigenvalue weighted by atomic mass is 9.88. The zero-order valence-corrected chi connectivity index (χ0v) is 15.1. The first kappa shape index (κ1) is 17.5. The average molecular weight is 368 g/mol. The number of carbonyl (C=O) groups excluding carboxylic acids is 2. The van der Waals surface area contributed by atoms with Crippen molar-refractivity contribution in [3.05, 3.63) is 59.4 Å². The van der Waals surface area contributed by atoms with Gasteiger partial charge in [0.05, 0.1) is 19.0 Å². The van der Waals surface area contributed by atoms with E-state index in [0.717, 1.165) is 17.7 Å². The Bertz CT molecular complexity index is 893. The first-order valence-corrected chi connectivity index (χ1v) is 9.17. The lowest BCUT2D eigenvalue weighted by molar-refractivity contribution is -0.143. The SMILES string of the molecule is CCc1ccccc1OC1CN(C(=O)[C@H]2CC(=O)Nc3ccc(F)cc32)C1. The predicted molar refractivity (Wildman–Crippen MR) is 99.2 cm³/mol. The summed E-state index contributed by atoms with van der Waals surface area (Å²) in [5, 5.41) is 2.70. The number of likely N-dealkylation sites (tertiary alicyclic amines) is 1. The summed E-state index contributed by atoms with van der Waals surface area (Å²) in [5.41, 5.74) is 2.19. The van der Waals surface area contributed by atoms with E-state index >= 15 is 0 Å². The Morgan fingerprint density at radius 3 is 2.81 bits per heavy atom. The number of fused-ring (bicyclic) bond motifs is 1. The van der Waals surface area contributed by atoms with E-state index in [1.54, 1.807) is 4.90 Å². The highest BCUT2D eigenvalue weighted by molar-refractivity contribution is 6.01. The molecule has 5 nitrogen and oxygen atoms in total. The molecule has 6 heteroatoms. The van der Waals surface area contributed by atoms with Gasteiger partial charge < -0.3 is 15.0 Å². The van der Waals surface area contributed by atoms with E-state index < -0.39 is 11.7 Å². The van der Waals surface area contributed by atoms with Gasteiger partial charge in [0, 0.05) is 12.1 Å². The Labute approximate surface area is 157 Å². The van der Waals surface area contributed by atoms with Gasteiger partial charge in [0.1, 0.15) is 17.7 Å². The highest BCUT2D eigenvalue weighted by Crippen LogP contribution is 2.35. The molecule has 2 heterocycles. The first-order chi connectivity index (χ1) is 13.0. The molecule has 1 atom stereocenters. The summed E-state index contributed by atoms with van der Waals surface area (Å²) in [7, 11) is 0. The second-order valence-electron chi connectivity index (χ2n) is 6.98. The number of para-hydroxylation sites is 1. The third kappa shape index (κ3) is 3.39. The minimum absolute atomic E-state index is 0.0377. The van der Waals surface area contributed by atoms with Crippen molar-refractivity contribution in [2.24, 2.45) is 0 Å². The lowest BCUT2D eigenvalue weighted by Gasteiger charge is -2.41. The Balaban J connectivity index is 1.44. The Morgan fingerprint density at radius 1 is 1.26 bits per heavy atom. The largest absolute Gasteiger partial charge is 0.486 e. The van der Waals surface area contributed by atoms with Crippen LogP contribution in [-0.4, -0.2) is 35.9 Å². The Hall–Kier alpha value is -2.89. The van der Waals surface area contributed by atoms with E-state index in [0.29, 0.717) is 24.3 Å². The Morgan fingerprint density at radius 2 is 2.04 bits per heavy atom. The smallest absolute Gasteiger partial charge is 0.230 e. The normalized spacial score (nSPS) is 19.1. The molecule has 1 fully saturated rings. The maximum atomic E-state index is 13.6. The molecule has 2 aromatic rings. The summed E-state index contributed by atoms with van der Waals surface area (Å²) < 4.78 is 19.7. The predicted octanol–water partition coefficient (Wildman–Crippen LogP) is 3.10. The number of halogens is 1. The van der Waals surface area contributed by atoms with E-state index in [4.69, 9.17) is 4.74 Å². The fourth-order valence-corrected chi connectivity index (χ4v) is 3.66. The fourth-order valence-electron chi connectivity index (χ4n) is 3.66. The van der Waals surface area contributed by atoms with Crippen molar-refractivity contribution in [1.82, 2.24) is 4.90 Å². The van der Waals surface area contributed by atoms with E-state index in [-0.39, 0.29) is 24.3 Å². The van der Waals surface area contributed by atoms with Gasteiger partial charge in [0.25, 0.3) is 0 Å². The topological polar surface area (TPSA) is 58.6 Å². The average Bonchev–Trinajstić information content (AvgIpc) is 2.63. The van der Waals surface area contributed by atoms with Crippen LogP contribution in [0.2, 0.25) is 0 Å². The van der Waals surface area contributed by atoms with Crippen LogP contribution in [0.3, 0.4) is 0 Å². The number of anilines is 1.